The number of methoxy groups -OCH3 is 1. The molecule has 3 heteroatoms. The predicted molar refractivity (Wildman–Crippen MR) is 64.0 cm³/mol. The van der Waals surface area contributed by atoms with Gasteiger partial charge in [0.15, 0.2) is 0 Å². The van der Waals surface area contributed by atoms with Crippen molar-refractivity contribution in [1.29, 1.82) is 0 Å². The van der Waals surface area contributed by atoms with E-state index in [-0.39, 0.29) is 0 Å². The number of rotatable bonds is 4. The predicted octanol–water partition coefficient (Wildman–Crippen LogP) is 2.48. The zero-order chi connectivity index (χ0) is 11.3. The molecule has 0 fully saturated rings. The highest BCUT2D eigenvalue weighted by Crippen LogP contribution is 2.25. The molecule has 0 aromatic heterocycles. The second kappa shape index (κ2) is 5.65. The Morgan fingerprint density at radius 3 is 2.87 bits per heavy atom. The molecule has 0 saturated carbocycles. The first-order chi connectivity index (χ1) is 7.20. The second-order valence-electron chi connectivity index (χ2n) is 3.24. The molecule has 0 heterocycles. The third-order valence-corrected chi connectivity index (χ3v) is 2.54. The van der Waals surface area contributed by atoms with Gasteiger partial charge < -0.3 is 10.5 Å². The molecular weight excluding hydrogens is 210 g/mol. The van der Waals surface area contributed by atoms with Crippen molar-refractivity contribution in [2.45, 2.75) is 12.8 Å². The number of benzene rings is 1. The first-order valence-electron chi connectivity index (χ1n) is 4.73. The lowest BCUT2D eigenvalue weighted by atomic mass is 10.0. The second-order valence-corrected chi connectivity index (χ2v) is 3.64. The van der Waals surface area contributed by atoms with Gasteiger partial charge in [-0.25, -0.2) is 0 Å². The number of anilines is 1. The van der Waals surface area contributed by atoms with Gasteiger partial charge in [-0.1, -0.05) is 23.6 Å². The summed E-state index contributed by atoms with van der Waals surface area (Å²) >= 11 is 5.92. The Labute approximate surface area is 95.4 Å². The number of hydrogen-bond donors (Lipinski definition) is 1. The van der Waals surface area contributed by atoms with Crippen LogP contribution in [0, 0.1) is 12.3 Å². The van der Waals surface area contributed by atoms with Crippen molar-refractivity contribution in [3.63, 3.8) is 0 Å². The number of nitrogen functional groups attached to an aromatic ring is 1. The minimum Gasteiger partial charge on any atom is -0.397 e. The molecule has 15 heavy (non-hydrogen) atoms. The number of terminal acetylenes is 1. The van der Waals surface area contributed by atoms with E-state index in [1.165, 1.54) is 0 Å². The molecular formula is C12H14ClNO. The lowest BCUT2D eigenvalue weighted by Gasteiger charge is -2.08. The van der Waals surface area contributed by atoms with Crippen molar-refractivity contribution in [3.8, 4) is 12.3 Å². The van der Waals surface area contributed by atoms with Gasteiger partial charge in [-0.15, -0.1) is 6.42 Å². The van der Waals surface area contributed by atoms with Crippen LogP contribution in [0.2, 0.25) is 5.02 Å². The third kappa shape index (κ3) is 2.89. The molecule has 0 aliphatic rings. The summed E-state index contributed by atoms with van der Waals surface area (Å²) < 4.78 is 4.98. The molecule has 1 aromatic carbocycles. The van der Waals surface area contributed by atoms with E-state index in [1.54, 1.807) is 13.2 Å². The van der Waals surface area contributed by atoms with Crippen molar-refractivity contribution >= 4 is 17.3 Å². The molecule has 0 unspecified atom stereocenters. The van der Waals surface area contributed by atoms with Gasteiger partial charge >= 0.3 is 0 Å². The van der Waals surface area contributed by atoms with Gasteiger partial charge in [-0.3, -0.25) is 0 Å². The highest BCUT2D eigenvalue weighted by atomic mass is 35.5. The van der Waals surface area contributed by atoms with E-state index in [9.17, 15) is 0 Å². The fraction of sp³-hybridized carbons (Fsp3) is 0.333. The smallest absolute Gasteiger partial charge is 0.0661 e. The summed E-state index contributed by atoms with van der Waals surface area (Å²) in [6, 6.07) is 3.70. The average molecular weight is 224 g/mol. The van der Waals surface area contributed by atoms with Crippen LogP contribution >= 0.6 is 11.6 Å². The molecule has 0 atom stereocenters. The van der Waals surface area contributed by atoms with E-state index >= 15 is 0 Å². The molecule has 0 radical (unpaired) electrons. The molecule has 0 bridgehead atoms. The number of nitrogens with two attached hydrogens (primary N) is 1. The molecule has 0 amide bonds. The lowest BCUT2D eigenvalue weighted by molar-refractivity contribution is 0.195. The van der Waals surface area contributed by atoms with Crippen molar-refractivity contribution in [2.24, 2.45) is 0 Å². The van der Waals surface area contributed by atoms with Crippen LogP contribution in [0.1, 0.15) is 17.5 Å². The molecule has 0 saturated heterocycles. The lowest BCUT2D eigenvalue weighted by Crippen LogP contribution is -2.00. The first kappa shape index (κ1) is 11.9. The normalized spacial score (nSPS) is 9.93. The Kier molecular flexibility index (Phi) is 4.48. The zero-order valence-electron chi connectivity index (χ0n) is 8.72. The SMILES string of the molecule is C#Cc1c(Cl)ccc(CCCOC)c1N. The van der Waals surface area contributed by atoms with Crippen molar-refractivity contribution in [2.75, 3.05) is 19.5 Å². The van der Waals surface area contributed by atoms with Gasteiger partial charge in [-0.2, -0.15) is 0 Å². The summed E-state index contributed by atoms with van der Waals surface area (Å²) in [6.07, 6.45) is 7.11. The Balaban J connectivity index is 2.87. The van der Waals surface area contributed by atoms with E-state index in [0.29, 0.717) is 22.9 Å². The zero-order valence-corrected chi connectivity index (χ0v) is 9.47. The van der Waals surface area contributed by atoms with Crippen LogP contribution in [0.3, 0.4) is 0 Å². The van der Waals surface area contributed by atoms with Gasteiger partial charge in [0, 0.05) is 13.7 Å². The monoisotopic (exact) mass is 223 g/mol. The van der Waals surface area contributed by atoms with Gasteiger partial charge in [-0.05, 0) is 24.5 Å². The number of ether oxygens (including phenoxy) is 1. The molecule has 2 nitrogen and oxygen atoms in total. The summed E-state index contributed by atoms with van der Waals surface area (Å²) in [7, 11) is 1.68. The molecule has 0 aliphatic carbocycles. The van der Waals surface area contributed by atoms with E-state index in [2.05, 4.69) is 5.92 Å². The molecule has 2 N–H and O–H groups in total. The summed E-state index contributed by atoms with van der Waals surface area (Å²) in [6.45, 7) is 0.716. The summed E-state index contributed by atoms with van der Waals surface area (Å²) in [5.74, 6) is 2.51. The maximum absolute atomic E-state index is 5.92. The fourth-order valence-electron chi connectivity index (χ4n) is 1.41. The number of halogens is 1. The van der Waals surface area contributed by atoms with Crippen LogP contribution in [0.4, 0.5) is 5.69 Å². The van der Waals surface area contributed by atoms with Crippen LogP contribution in [-0.2, 0) is 11.2 Å². The molecule has 1 aromatic rings. The summed E-state index contributed by atoms with van der Waals surface area (Å²) in [5.41, 5.74) is 8.14. The van der Waals surface area contributed by atoms with E-state index in [0.717, 1.165) is 18.4 Å². The largest absolute Gasteiger partial charge is 0.397 e. The number of aryl methyl sites for hydroxylation is 1. The highest BCUT2D eigenvalue weighted by molar-refractivity contribution is 6.32. The number of hydrogen-bond acceptors (Lipinski definition) is 2. The van der Waals surface area contributed by atoms with E-state index in [4.69, 9.17) is 28.5 Å². The first-order valence-corrected chi connectivity index (χ1v) is 5.11. The van der Waals surface area contributed by atoms with Gasteiger partial charge in [0.25, 0.3) is 0 Å². The van der Waals surface area contributed by atoms with Crippen LogP contribution in [0.15, 0.2) is 12.1 Å². The quantitative estimate of drug-likeness (QED) is 0.484. The summed E-state index contributed by atoms with van der Waals surface area (Å²) in [4.78, 5) is 0. The highest BCUT2D eigenvalue weighted by Gasteiger charge is 2.07. The molecule has 1 rings (SSSR count). The average Bonchev–Trinajstić information content (AvgIpc) is 2.22. The summed E-state index contributed by atoms with van der Waals surface area (Å²) in [5, 5.41) is 0.533. The van der Waals surface area contributed by atoms with E-state index in [1.807, 2.05) is 6.07 Å². The Morgan fingerprint density at radius 1 is 1.53 bits per heavy atom. The molecule has 0 aliphatic heterocycles. The van der Waals surface area contributed by atoms with Gasteiger partial charge in [0.2, 0.25) is 0 Å². The van der Waals surface area contributed by atoms with Crippen LogP contribution in [-0.4, -0.2) is 13.7 Å². The Hall–Kier alpha value is -1.17. The minimum atomic E-state index is 0.533. The van der Waals surface area contributed by atoms with Crippen LogP contribution < -0.4 is 5.73 Å². The Morgan fingerprint density at radius 2 is 2.27 bits per heavy atom. The third-order valence-electron chi connectivity index (χ3n) is 2.22. The fourth-order valence-corrected chi connectivity index (χ4v) is 1.63. The van der Waals surface area contributed by atoms with Crippen molar-refractivity contribution < 1.29 is 4.74 Å². The van der Waals surface area contributed by atoms with Crippen LogP contribution in [0.25, 0.3) is 0 Å². The Bertz CT molecular complexity index is 382. The molecule has 80 valence electrons. The topological polar surface area (TPSA) is 35.2 Å². The molecule has 0 spiro atoms. The van der Waals surface area contributed by atoms with Gasteiger partial charge in [0.1, 0.15) is 0 Å². The van der Waals surface area contributed by atoms with Crippen LogP contribution in [0.5, 0.6) is 0 Å². The minimum absolute atomic E-state index is 0.533. The standard InChI is InChI=1S/C12H14ClNO/c1-3-10-11(13)7-6-9(12(10)14)5-4-8-15-2/h1,6-7H,4-5,8,14H2,2H3. The maximum atomic E-state index is 5.92. The van der Waals surface area contributed by atoms with Gasteiger partial charge in [0.05, 0.1) is 16.3 Å². The van der Waals surface area contributed by atoms with Crippen molar-refractivity contribution in [3.05, 3.63) is 28.3 Å². The van der Waals surface area contributed by atoms with Crippen molar-refractivity contribution in [1.82, 2.24) is 0 Å². The van der Waals surface area contributed by atoms with E-state index < -0.39 is 0 Å². The maximum Gasteiger partial charge on any atom is 0.0661 e.